The summed E-state index contributed by atoms with van der Waals surface area (Å²) in [5, 5.41) is 10.6. The average molecular weight is 435 g/mol. The summed E-state index contributed by atoms with van der Waals surface area (Å²) in [5.74, 6) is 0.0491. The van der Waals surface area contributed by atoms with Gasteiger partial charge in [-0.15, -0.1) is 0 Å². The van der Waals surface area contributed by atoms with Gasteiger partial charge in [0, 0.05) is 19.3 Å². The van der Waals surface area contributed by atoms with Crippen LogP contribution in [-0.2, 0) is 24.4 Å². The van der Waals surface area contributed by atoms with Crippen molar-refractivity contribution in [2.45, 2.75) is 110 Å². The van der Waals surface area contributed by atoms with Crippen molar-refractivity contribution in [1.82, 2.24) is 0 Å². The molecule has 1 saturated heterocycles. The second kappa shape index (κ2) is 11.4. The fourth-order valence-corrected chi connectivity index (χ4v) is 4.30. The zero-order valence-electron chi connectivity index (χ0n) is 20.4. The van der Waals surface area contributed by atoms with Crippen LogP contribution in [0.3, 0.4) is 0 Å². The molecule has 0 amide bonds. The third-order valence-electron chi connectivity index (χ3n) is 6.34. The molecule has 6 atom stereocenters. The quantitative estimate of drug-likeness (QED) is 0.532. The summed E-state index contributed by atoms with van der Waals surface area (Å²) in [6, 6.07) is 8.86. The highest BCUT2D eigenvalue weighted by Gasteiger charge is 2.35. The molecule has 2 rings (SSSR count). The van der Waals surface area contributed by atoms with Crippen molar-refractivity contribution < 1.29 is 24.1 Å². The maximum Gasteiger partial charge on any atom is 0.302 e. The van der Waals surface area contributed by atoms with Gasteiger partial charge in [-0.25, -0.2) is 0 Å². The molecule has 176 valence electrons. The lowest BCUT2D eigenvalue weighted by atomic mass is 9.85. The zero-order chi connectivity index (χ0) is 23.2. The van der Waals surface area contributed by atoms with Crippen LogP contribution < -0.4 is 0 Å². The van der Waals surface area contributed by atoms with E-state index in [1.165, 1.54) is 18.1 Å². The Kier molecular flexibility index (Phi) is 9.53. The van der Waals surface area contributed by atoms with E-state index in [1.54, 1.807) is 0 Å². The first-order valence-electron chi connectivity index (χ1n) is 11.8. The molecule has 1 heterocycles. The van der Waals surface area contributed by atoms with Crippen LogP contribution in [0, 0.1) is 5.92 Å². The van der Waals surface area contributed by atoms with Crippen molar-refractivity contribution in [1.29, 1.82) is 0 Å². The Morgan fingerprint density at radius 1 is 1.19 bits per heavy atom. The summed E-state index contributed by atoms with van der Waals surface area (Å²) in [4.78, 5) is 11.3. The van der Waals surface area contributed by atoms with E-state index in [2.05, 4.69) is 58.9 Å². The molecule has 0 aromatic heterocycles. The van der Waals surface area contributed by atoms with E-state index in [0.29, 0.717) is 25.4 Å². The van der Waals surface area contributed by atoms with E-state index < -0.39 is 12.2 Å². The smallest absolute Gasteiger partial charge is 0.302 e. The maximum atomic E-state index is 11.3. The Bertz CT molecular complexity index is 678. The van der Waals surface area contributed by atoms with Crippen molar-refractivity contribution in [3.63, 3.8) is 0 Å². The van der Waals surface area contributed by atoms with E-state index in [4.69, 9.17) is 14.2 Å². The summed E-state index contributed by atoms with van der Waals surface area (Å²) >= 11 is 0. The molecule has 0 saturated carbocycles. The summed E-state index contributed by atoms with van der Waals surface area (Å²) in [5.41, 5.74) is 2.77. The molecule has 5 heteroatoms. The Hall–Kier alpha value is -1.43. The highest BCUT2D eigenvalue weighted by Crippen LogP contribution is 2.32. The van der Waals surface area contributed by atoms with Gasteiger partial charge in [0.05, 0.1) is 18.8 Å². The molecular formula is C26H42O5. The van der Waals surface area contributed by atoms with Crippen LogP contribution in [0.1, 0.15) is 91.2 Å². The van der Waals surface area contributed by atoms with Crippen molar-refractivity contribution in [2.75, 3.05) is 6.61 Å². The first-order chi connectivity index (χ1) is 14.5. The van der Waals surface area contributed by atoms with Gasteiger partial charge in [-0.2, -0.15) is 0 Å². The maximum absolute atomic E-state index is 11.3. The van der Waals surface area contributed by atoms with E-state index in [1.807, 2.05) is 6.92 Å². The van der Waals surface area contributed by atoms with E-state index in [9.17, 15) is 9.90 Å². The second-order valence-electron chi connectivity index (χ2n) is 9.97. The van der Waals surface area contributed by atoms with Crippen LogP contribution in [0.2, 0.25) is 0 Å². The molecule has 1 aliphatic rings. The van der Waals surface area contributed by atoms with Crippen molar-refractivity contribution in [2.24, 2.45) is 5.92 Å². The summed E-state index contributed by atoms with van der Waals surface area (Å²) in [7, 11) is 0. The lowest BCUT2D eigenvalue weighted by molar-refractivity contribution is -0.245. The molecule has 1 aliphatic heterocycles. The Morgan fingerprint density at radius 3 is 2.35 bits per heavy atom. The van der Waals surface area contributed by atoms with Gasteiger partial charge in [-0.05, 0) is 41.7 Å². The third-order valence-corrected chi connectivity index (χ3v) is 6.34. The van der Waals surface area contributed by atoms with Gasteiger partial charge in [0.15, 0.2) is 6.29 Å². The molecule has 1 aromatic carbocycles. The minimum Gasteiger partial charge on any atom is -0.460 e. The lowest BCUT2D eigenvalue weighted by Gasteiger charge is -2.38. The van der Waals surface area contributed by atoms with Gasteiger partial charge < -0.3 is 19.3 Å². The normalized spacial score (nSPS) is 25.0. The highest BCUT2D eigenvalue weighted by molar-refractivity contribution is 5.66. The predicted octanol–water partition coefficient (Wildman–Crippen LogP) is 5.34. The molecule has 5 nitrogen and oxygen atoms in total. The van der Waals surface area contributed by atoms with Crippen molar-refractivity contribution in [3.8, 4) is 0 Å². The topological polar surface area (TPSA) is 65.0 Å². The molecule has 0 aliphatic carbocycles. The molecule has 31 heavy (non-hydrogen) atoms. The van der Waals surface area contributed by atoms with Crippen LogP contribution in [-0.4, -0.2) is 42.3 Å². The summed E-state index contributed by atoms with van der Waals surface area (Å²) in [6.07, 6.45) is 1.33. The van der Waals surface area contributed by atoms with E-state index in [-0.39, 0.29) is 29.7 Å². The highest BCUT2D eigenvalue weighted by atomic mass is 16.7. The Morgan fingerprint density at radius 2 is 1.84 bits per heavy atom. The number of benzene rings is 1. The monoisotopic (exact) mass is 434 g/mol. The number of ether oxygens (including phenoxy) is 3. The van der Waals surface area contributed by atoms with Crippen LogP contribution in [0.15, 0.2) is 24.3 Å². The molecule has 6 unspecified atom stereocenters. The fraction of sp³-hybridized carbons (Fsp3) is 0.731. The molecule has 0 spiro atoms. The number of hydrogen-bond donors (Lipinski definition) is 1. The number of carbonyl (C=O) groups excluding carboxylic acids is 1. The van der Waals surface area contributed by atoms with Gasteiger partial charge in [0.1, 0.15) is 6.10 Å². The van der Waals surface area contributed by atoms with E-state index >= 15 is 0 Å². The van der Waals surface area contributed by atoms with Crippen LogP contribution >= 0.6 is 0 Å². The minimum atomic E-state index is -0.711. The van der Waals surface area contributed by atoms with Gasteiger partial charge >= 0.3 is 5.97 Å². The SMILES string of the molecule is CCC(OC(C)=O)C(O)CC1COC(CC(C)c2ccc(C(C)(C)C)cc2)OC1CC. The van der Waals surface area contributed by atoms with Crippen LogP contribution in [0.25, 0.3) is 0 Å². The first-order valence-corrected chi connectivity index (χ1v) is 11.8. The van der Waals surface area contributed by atoms with Gasteiger partial charge in [0.25, 0.3) is 0 Å². The standard InChI is InChI=1S/C26H42O5/c1-8-23-20(15-22(28)24(9-2)30-18(4)27)16-29-25(31-23)14-17(3)19-10-12-21(13-11-19)26(5,6)7/h10-13,17,20,22-25,28H,8-9,14-16H2,1-7H3. The number of esters is 1. The molecule has 1 N–H and O–H groups in total. The summed E-state index contributed by atoms with van der Waals surface area (Å²) < 4.78 is 17.6. The fourth-order valence-electron chi connectivity index (χ4n) is 4.30. The van der Waals surface area contributed by atoms with Gasteiger partial charge in [-0.1, -0.05) is 65.8 Å². The molecule has 1 aromatic rings. The number of hydrogen-bond acceptors (Lipinski definition) is 5. The first kappa shape index (κ1) is 25.8. The van der Waals surface area contributed by atoms with Crippen molar-refractivity contribution in [3.05, 3.63) is 35.4 Å². The molecule has 0 bridgehead atoms. The Labute approximate surface area is 188 Å². The van der Waals surface area contributed by atoms with Crippen LogP contribution in [0.4, 0.5) is 0 Å². The molecule has 1 fully saturated rings. The van der Waals surface area contributed by atoms with Crippen LogP contribution in [0.5, 0.6) is 0 Å². The van der Waals surface area contributed by atoms with E-state index in [0.717, 1.165) is 12.8 Å². The minimum absolute atomic E-state index is 0.0266. The number of aliphatic hydroxyl groups excluding tert-OH is 1. The summed E-state index contributed by atoms with van der Waals surface area (Å²) in [6.45, 7) is 14.8. The average Bonchev–Trinajstić information content (AvgIpc) is 2.72. The third kappa shape index (κ3) is 7.58. The predicted molar refractivity (Wildman–Crippen MR) is 123 cm³/mol. The molecule has 0 radical (unpaired) electrons. The second-order valence-corrected chi connectivity index (χ2v) is 9.97. The number of carbonyl (C=O) groups is 1. The zero-order valence-corrected chi connectivity index (χ0v) is 20.4. The van der Waals surface area contributed by atoms with Gasteiger partial charge in [-0.3, -0.25) is 4.79 Å². The Balaban J connectivity index is 1.92. The molecular weight excluding hydrogens is 392 g/mol. The number of rotatable bonds is 9. The van der Waals surface area contributed by atoms with Crippen molar-refractivity contribution >= 4 is 5.97 Å². The largest absolute Gasteiger partial charge is 0.460 e. The van der Waals surface area contributed by atoms with Gasteiger partial charge in [0.2, 0.25) is 0 Å². The lowest BCUT2D eigenvalue weighted by Crippen LogP contribution is -2.43. The number of aliphatic hydroxyl groups is 1.